The van der Waals surface area contributed by atoms with Crippen LogP contribution in [-0.4, -0.2) is 32.8 Å². The van der Waals surface area contributed by atoms with Crippen LogP contribution < -0.4 is 15.2 Å². The number of nitrogens with zero attached hydrogens (tertiary/aromatic N) is 1. The van der Waals surface area contributed by atoms with Crippen molar-refractivity contribution in [2.24, 2.45) is 5.14 Å². The van der Waals surface area contributed by atoms with Crippen LogP contribution in [0.25, 0.3) is 0 Å². The molecule has 0 bridgehead atoms. The van der Waals surface area contributed by atoms with Crippen molar-refractivity contribution in [2.75, 3.05) is 24.7 Å². The van der Waals surface area contributed by atoms with E-state index in [0.29, 0.717) is 11.6 Å². The Hall–Kier alpha value is -1.34. The number of nitrogens with two attached hydrogens (primary N) is 1. The van der Waals surface area contributed by atoms with Crippen molar-refractivity contribution in [2.45, 2.75) is 0 Å². The summed E-state index contributed by atoms with van der Waals surface area (Å²) in [4.78, 5) is 4.00. The number of hydrogen-bond donors (Lipinski definition) is 2. The fourth-order valence-electron chi connectivity index (χ4n) is 1.000. The number of anilines is 1. The Morgan fingerprint density at radius 1 is 1.60 bits per heavy atom. The first-order valence-electron chi connectivity index (χ1n) is 4.26. The molecule has 0 atom stereocenters. The lowest BCUT2D eigenvalue weighted by molar-refractivity contribution is 0.415. The van der Waals surface area contributed by atoms with E-state index in [1.54, 1.807) is 18.3 Å². The molecule has 0 spiro atoms. The smallest absolute Gasteiger partial charge is 0.210 e. The Labute approximate surface area is 88.5 Å². The standard InChI is InChI=1S/C8H13N3O3S/c1-14-7-3-2-4-10-8(7)11-5-6-15(9,12)13/h2-4H,5-6H2,1H3,(H,10,11)(H2,9,12,13). The minimum absolute atomic E-state index is 0.146. The average Bonchev–Trinajstić information content (AvgIpc) is 2.16. The Bertz CT molecular complexity index is 419. The van der Waals surface area contributed by atoms with Gasteiger partial charge in [-0.2, -0.15) is 0 Å². The molecule has 6 nitrogen and oxygen atoms in total. The molecule has 1 heterocycles. The van der Waals surface area contributed by atoms with E-state index in [9.17, 15) is 8.42 Å². The van der Waals surface area contributed by atoms with Crippen molar-refractivity contribution in [3.05, 3.63) is 18.3 Å². The molecular weight excluding hydrogens is 218 g/mol. The second-order valence-electron chi connectivity index (χ2n) is 2.85. The van der Waals surface area contributed by atoms with Crippen molar-refractivity contribution in [3.63, 3.8) is 0 Å². The molecule has 1 aromatic rings. The van der Waals surface area contributed by atoms with Gasteiger partial charge in [0.05, 0.1) is 12.9 Å². The zero-order valence-corrected chi connectivity index (χ0v) is 9.12. The Balaban J connectivity index is 2.58. The number of pyridine rings is 1. The summed E-state index contributed by atoms with van der Waals surface area (Å²) in [6.07, 6.45) is 1.59. The summed E-state index contributed by atoms with van der Waals surface area (Å²) in [5, 5.41) is 7.68. The van der Waals surface area contributed by atoms with E-state index in [2.05, 4.69) is 10.3 Å². The van der Waals surface area contributed by atoms with Crippen LogP contribution in [0, 0.1) is 0 Å². The molecule has 0 saturated heterocycles. The van der Waals surface area contributed by atoms with E-state index < -0.39 is 10.0 Å². The summed E-state index contributed by atoms with van der Waals surface area (Å²) in [7, 11) is -1.93. The molecule has 1 aromatic heterocycles. The zero-order chi connectivity index (χ0) is 11.3. The molecule has 7 heteroatoms. The van der Waals surface area contributed by atoms with E-state index in [4.69, 9.17) is 9.88 Å². The summed E-state index contributed by atoms with van der Waals surface area (Å²) in [6, 6.07) is 3.45. The highest BCUT2D eigenvalue weighted by Crippen LogP contribution is 2.19. The van der Waals surface area contributed by atoms with Crippen molar-refractivity contribution < 1.29 is 13.2 Å². The van der Waals surface area contributed by atoms with E-state index in [-0.39, 0.29) is 12.3 Å². The molecule has 3 N–H and O–H groups in total. The number of aromatic nitrogens is 1. The third kappa shape index (κ3) is 4.13. The zero-order valence-electron chi connectivity index (χ0n) is 8.30. The third-order valence-corrected chi connectivity index (χ3v) is 2.44. The first kappa shape index (κ1) is 11.7. The van der Waals surface area contributed by atoms with Crippen LogP contribution in [0.15, 0.2) is 18.3 Å². The summed E-state index contributed by atoms with van der Waals surface area (Å²) in [5.74, 6) is 0.919. The molecule has 0 radical (unpaired) electrons. The monoisotopic (exact) mass is 231 g/mol. The number of nitrogens with one attached hydrogen (secondary N) is 1. The van der Waals surface area contributed by atoms with Gasteiger partial charge in [-0.15, -0.1) is 0 Å². The SMILES string of the molecule is COc1cccnc1NCCS(N)(=O)=O. The van der Waals surface area contributed by atoms with Gasteiger partial charge in [-0.05, 0) is 12.1 Å². The maximum absolute atomic E-state index is 10.7. The second-order valence-corrected chi connectivity index (χ2v) is 4.58. The number of primary sulfonamides is 1. The van der Waals surface area contributed by atoms with Crippen LogP contribution in [0.2, 0.25) is 0 Å². The van der Waals surface area contributed by atoms with Gasteiger partial charge in [0.25, 0.3) is 0 Å². The van der Waals surface area contributed by atoms with Crippen LogP contribution in [0.5, 0.6) is 5.75 Å². The molecular formula is C8H13N3O3S. The first-order chi connectivity index (χ1) is 7.03. The highest BCUT2D eigenvalue weighted by atomic mass is 32.2. The molecule has 0 fully saturated rings. The molecule has 84 valence electrons. The summed E-state index contributed by atoms with van der Waals surface area (Å²) in [5.41, 5.74) is 0. The number of methoxy groups -OCH3 is 1. The van der Waals surface area contributed by atoms with Gasteiger partial charge >= 0.3 is 0 Å². The van der Waals surface area contributed by atoms with Crippen LogP contribution in [0.3, 0.4) is 0 Å². The van der Waals surface area contributed by atoms with Crippen molar-refractivity contribution >= 4 is 15.8 Å². The molecule has 0 unspecified atom stereocenters. The Morgan fingerprint density at radius 2 is 2.33 bits per heavy atom. The predicted molar refractivity (Wildman–Crippen MR) is 57.3 cm³/mol. The molecule has 0 aromatic carbocycles. The maximum Gasteiger partial charge on any atom is 0.210 e. The highest BCUT2D eigenvalue weighted by Gasteiger charge is 2.05. The van der Waals surface area contributed by atoms with Crippen LogP contribution in [0.4, 0.5) is 5.82 Å². The summed E-state index contributed by atoms with van der Waals surface area (Å²) in [6.45, 7) is 0.201. The van der Waals surface area contributed by atoms with E-state index in [1.165, 1.54) is 7.11 Å². The van der Waals surface area contributed by atoms with Crippen LogP contribution in [0.1, 0.15) is 0 Å². The quantitative estimate of drug-likeness (QED) is 0.731. The molecule has 0 aliphatic rings. The molecule has 0 aliphatic carbocycles. The number of rotatable bonds is 5. The molecule has 15 heavy (non-hydrogen) atoms. The van der Waals surface area contributed by atoms with Crippen molar-refractivity contribution in [3.8, 4) is 5.75 Å². The lowest BCUT2D eigenvalue weighted by atomic mass is 10.4. The van der Waals surface area contributed by atoms with Crippen molar-refractivity contribution in [1.82, 2.24) is 4.98 Å². The molecule has 0 amide bonds. The average molecular weight is 231 g/mol. The molecule has 0 aliphatic heterocycles. The van der Waals surface area contributed by atoms with Gasteiger partial charge in [0.1, 0.15) is 0 Å². The van der Waals surface area contributed by atoms with Gasteiger partial charge in [0.2, 0.25) is 10.0 Å². The fourth-order valence-corrected chi connectivity index (χ4v) is 1.39. The number of sulfonamides is 1. The van der Waals surface area contributed by atoms with Crippen molar-refractivity contribution in [1.29, 1.82) is 0 Å². The third-order valence-electron chi connectivity index (χ3n) is 1.67. The van der Waals surface area contributed by atoms with Gasteiger partial charge in [0.15, 0.2) is 11.6 Å². The van der Waals surface area contributed by atoms with Gasteiger partial charge in [-0.25, -0.2) is 18.5 Å². The Morgan fingerprint density at radius 3 is 2.93 bits per heavy atom. The Kier molecular flexibility index (Phi) is 3.87. The molecule has 0 saturated carbocycles. The van der Waals surface area contributed by atoms with Crippen LogP contribution >= 0.6 is 0 Å². The number of ether oxygens (including phenoxy) is 1. The molecule has 1 rings (SSSR count). The maximum atomic E-state index is 10.7. The second kappa shape index (κ2) is 4.94. The lowest BCUT2D eigenvalue weighted by Crippen LogP contribution is -2.22. The summed E-state index contributed by atoms with van der Waals surface area (Å²) < 4.78 is 26.3. The minimum atomic E-state index is -3.44. The normalized spacial score (nSPS) is 11.1. The van der Waals surface area contributed by atoms with Crippen LogP contribution in [-0.2, 0) is 10.0 Å². The van der Waals surface area contributed by atoms with E-state index in [1.807, 2.05) is 0 Å². The minimum Gasteiger partial charge on any atom is -0.493 e. The van der Waals surface area contributed by atoms with E-state index in [0.717, 1.165) is 0 Å². The van der Waals surface area contributed by atoms with Gasteiger partial charge in [-0.3, -0.25) is 0 Å². The van der Waals surface area contributed by atoms with Gasteiger partial charge in [0, 0.05) is 12.7 Å². The first-order valence-corrected chi connectivity index (χ1v) is 5.98. The number of hydrogen-bond acceptors (Lipinski definition) is 5. The summed E-state index contributed by atoms with van der Waals surface area (Å²) >= 11 is 0. The largest absolute Gasteiger partial charge is 0.493 e. The van der Waals surface area contributed by atoms with E-state index >= 15 is 0 Å². The van der Waals surface area contributed by atoms with Gasteiger partial charge in [-0.1, -0.05) is 0 Å². The topological polar surface area (TPSA) is 94.3 Å². The highest BCUT2D eigenvalue weighted by molar-refractivity contribution is 7.89. The fraction of sp³-hybridized carbons (Fsp3) is 0.375. The lowest BCUT2D eigenvalue weighted by Gasteiger charge is -2.08. The predicted octanol–water partition coefficient (Wildman–Crippen LogP) is -0.209. The van der Waals surface area contributed by atoms with Gasteiger partial charge < -0.3 is 10.1 Å².